The van der Waals surface area contributed by atoms with E-state index in [9.17, 15) is 4.39 Å². The second-order valence-corrected chi connectivity index (χ2v) is 5.48. The third-order valence-corrected chi connectivity index (χ3v) is 3.54. The van der Waals surface area contributed by atoms with Gasteiger partial charge in [0.25, 0.3) is 0 Å². The first-order chi connectivity index (χ1) is 11.7. The summed E-state index contributed by atoms with van der Waals surface area (Å²) in [6.07, 6.45) is 0.594. The summed E-state index contributed by atoms with van der Waals surface area (Å²) in [6.45, 7) is 2.52. The third kappa shape index (κ3) is 4.29. The second-order valence-electron chi connectivity index (χ2n) is 5.48. The minimum atomic E-state index is -0.176. The highest BCUT2D eigenvalue weighted by atomic mass is 19.1. The van der Waals surface area contributed by atoms with Gasteiger partial charge in [0.15, 0.2) is 0 Å². The zero-order valence-electron chi connectivity index (χ0n) is 13.5. The Hall–Kier alpha value is -2.95. The van der Waals surface area contributed by atoms with Crippen molar-refractivity contribution in [3.05, 3.63) is 77.7 Å². The van der Waals surface area contributed by atoms with Crippen molar-refractivity contribution < 1.29 is 4.39 Å². The van der Waals surface area contributed by atoms with Crippen LogP contribution in [0.25, 0.3) is 0 Å². The normalized spacial score (nSPS) is 10.4. The third-order valence-electron chi connectivity index (χ3n) is 3.54. The monoisotopic (exact) mass is 322 g/mol. The summed E-state index contributed by atoms with van der Waals surface area (Å²) >= 11 is 0. The van der Waals surface area contributed by atoms with E-state index in [1.165, 1.54) is 6.07 Å². The number of aryl methyl sites for hydroxylation is 1. The summed E-state index contributed by atoms with van der Waals surface area (Å²) in [5.74, 6) is 1.08. The number of para-hydroxylation sites is 1. The van der Waals surface area contributed by atoms with E-state index in [2.05, 4.69) is 20.6 Å². The maximum absolute atomic E-state index is 13.6. The van der Waals surface area contributed by atoms with Crippen LogP contribution in [0.5, 0.6) is 0 Å². The number of anilines is 3. The molecule has 0 atom stereocenters. The molecule has 0 amide bonds. The van der Waals surface area contributed by atoms with Crippen molar-refractivity contribution in [1.82, 2.24) is 9.97 Å². The first-order valence-corrected chi connectivity index (χ1v) is 7.86. The van der Waals surface area contributed by atoms with Crippen LogP contribution in [0.1, 0.15) is 11.3 Å². The van der Waals surface area contributed by atoms with E-state index >= 15 is 0 Å². The molecule has 0 radical (unpaired) electrons. The molecule has 4 nitrogen and oxygen atoms in total. The zero-order valence-corrected chi connectivity index (χ0v) is 13.5. The van der Waals surface area contributed by atoms with Crippen LogP contribution in [0, 0.1) is 12.7 Å². The van der Waals surface area contributed by atoms with Crippen molar-refractivity contribution in [3.8, 4) is 0 Å². The van der Waals surface area contributed by atoms with Gasteiger partial charge in [0, 0.05) is 24.0 Å². The van der Waals surface area contributed by atoms with E-state index in [4.69, 9.17) is 0 Å². The van der Waals surface area contributed by atoms with Gasteiger partial charge in [-0.3, -0.25) is 0 Å². The summed E-state index contributed by atoms with van der Waals surface area (Å²) in [6, 6.07) is 18.5. The molecule has 1 aromatic heterocycles. The van der Waals surface area contributed by atoms with E-state index in [-0.39, 0.29) is 5.82 Å². The number of halogens is 1. The SMILES string of the molecule is Cc1cc(NCCc2ccccc2F)nc(Nc2ccccc2)n1. The molecule has 122 valence electrons. The highest BCUT2D eigenvalue weighted by molar-refractivity contribution is 5.54. The molecular weight excluding hydrogens is 303 g/mol. The molecule has 24 heavy (non-hydrogen) atoms. The molecule has 0 aliphatic rings. The number of nitrogens with one attached hydrogen (secondary N) is 2. The van der Waals surface area contributed by atoms with E-state index in [0.29, 0.717) is 24.5 Å². The largest absolute Gasteiger partial charge is 0.370 e. The van der Waals surface area contributed by atoms with Gasteiger partial charge in [-0.2, -0.15) is 4.98 Å². The van der Waals surface area contributed by atoms with Crippen molar-refractivity contribution in [1.29, 1.82) is 0 Å². The van der Waals surface area contributed by atoms with Crippen LogP contribution in [-0.4, -0.2) is 16.5 Å². The number of hydrogen-bond donors (Lipinski definition) is 2. The van der Waals surface area contributed by atoms with E-state index < -0.39 is 0 Å². The molecule has 0 unspecified atom stereocenters. The minimum Gasteiger partial charge on any atom is -0.370 e. The maximum atomic E-state index is 13.6. The summed E-state index contributed by atoms with van der Waals surface area (Å²) in [4.78, 5) is 8.84. The van der Waals surface area contributed by atoms with Crippen LogP contribution in [0.2, 0.25) is 0 Å². The van der Waals surface area contributed by atoms with E-state index in [1.54, 1.807) is 12.1 Å². The molecule has 0 aliphatic carbocycles. The van der Waals surface area contributed by atoms with Crippen LogP contribution in [-0.2, 0) is 6.42 Å². The van der Waals surface area contributed by atoms with Gasteiger partial charge in [-0.15, -0.1) is 0 Å². The molecular formula is C19H19FN4. The van der Waals surface area contributed by atoms with Gasteiger partial charge in [-0.25, -0.2) is 9.37 Å². The van der Waals surface area contributed by atoms with Gasteiger partial charge in [-0.1, -0.05) is 36.4 Å². The van der Waals surface area contributed by atoms with Gasteiger partial charge in [0.1, 0.15) is 11.6 Å². The molecule has 0 bridgehead atoms. The molecule has 2 N–H and O–H groups in total. The number of rotatable bonds is 6. The fraction of sp³-hybridized carbons (Fsp3) is 0.158. The molecule has 1 heterocycles. The van der Waals surface area contributed by atoms with Crippen molar-refractivity contribution >= 4 is 17.5 Å². The molecule has 0 saturated heterocycles. The van der Waals surface area contributed by atoms with Gasteiger partial charge in [0.05, 0.1) is 0 Å². The molecule has 3 aromatic rings. The van der Waals surface area contributed by atoms with Crippen molar-refractivity contribution in [2.45, 2.75) is 13.3 Å². The average molecular weight is 322 g/mol. The molecule has 0 spiro atoms. The van der Waals surface area contributed by atoms with Crippen molar-refractivity contribution in [2.24, 2.45) is 0 Å². The minimum absolute atomic E-state index is 0.176. The quantitative estimate of drug-likeness (QED) is 0.709. The Labute approximate surface area is 140 Å². The standard InChI is InChI=1S/C19H19FN4/c1-14-13-18(21-12-11-15-7-5-6-10-17(15)20)24-19(22-14)23-16-8-3-2-4-9-16/h2-10,13H,11-12H2,1H3,(H2,21,22,23,24). The molecule has 0 aliphatic heterocycles. The Balaban J connectivity index is 1.64. The van der Waals surface area contributed by atoms with Gasteiger partial charge >= 0.3 is 0 Å². The second kappa shape index (κ2) is 7.55. The molecule has 3 rings (SSSR count). The fourth-order valence-corrected chi connectivity index (χ4v) is 2.39. The Bertz CT molecular complexity index is 805. The lowest BCUT2D eigenvalue weighted by Gasteiger charge is -2.10. The van der Waals surface area contributed by atoms with Crippen LogP contribution >= 0.6 is 0 Å². The summed E-state index contributed by atoms with van der Waals surface area (Å²) in [7, 11) is 0. The summed E-state index contributed by atoms with van der Waals surface area (Å²) in [5, 5.41) is 6.41. The van der Waals surface area contributed by atoms with Crippen LogP contribution in [0.4, 0.5) is 21.8 Å². The first-order valence-electron chi connectivity index (χ1n) is 7.86. The lowest BCUT2D eigenvalue weighted by Crippen LogP contribution is -2.09. The van der Waals surface area contributed by atoms with Crippen molar-refractivity contribution in [2.75, 3.05) is 17.2 Å². The Morgan fingerprint density at radius 2 is 1.71 bits per heavy atom. The summed E-state index contributed by atoms with van der Waals surface area (Å²) < 4.78 is 13.6. The topological polar surface area (TPSA) is 49.8 Å². The smallest absolute Gasteiger partial charge is 0.229 e. The highest BCUT2D eigenvalue weighted by Gasteiger charge is 2.04. The Kier molecular flexibility index (Phi) is 5.01. The fourth-order valence-electron chi connectivity index (χ4n) is 2.39. The molecule has 2 aromatic carbocycles. The van der Waals surface area contributed by atoms with Crippen LogP contribution in [0.3, 0.4) is 0 Å². The summed E-state index contributed by atoms with van der Waals surface area (Å²) in [5.41, 5.74) is 2.48. The number of hydrogen-bond acceptors (Lipinski definition) is 4. The van der Waals surface area contributed by atoms with Gasteiger partial charge in [0.2, 0.25) is 5.95 Å². The number of aromatic nitrogens is 2. The maximum Gasteiger partial charge on any atom is 0.229 e. The number of benzene rings is 2. The van der Waals surface area contributed by atoms with Crippen molar-refractivity contribution in [3.63, 3.8) is 0 Å². The predicted molar refractivity (Wildman–Crippen MR) is 95.1 cm³/mol. The highest BCUT2D eigenvalue weighted by Crippen LogP contribution is 2.15. The molecule has 0 saturated carbocycles. The Morgan fingerprint density at radius 3 is 2.50 bits per heavy atom. The first kappa shape index (κ1) is 15.9. The Morgan fingerprint density at radius 1 is 0.958 bits per heavy atom. The average Bonchev–Trinajstić information content (AvgIpc) is 2.57. The molecule has 0 fully saturated rings. The van der Waals surface area contributed by atoms with E-state index in [0.717, 1.165) is 17.2 Å². The lowest BCUT2D eigenvalue weighted by molar-refractivity contribution is 0.610. The van der Waals surface area contributed by atoms with Crippen LogP contribution < -0.4 is 10.6 Å². The van der Waals surface area contributed by atoms with Crippen LogP contribution in [0.15, 0.2) is 60.7 Å². The van der Waals surface area contributed by atoms with Gasteiger partial charge < -0.3 is 10.6 Å². The van der Waals surface area contributed by atoms with E-state index in [1.807, 2.05) is 49.4 Å². The predicted octanol–water partition coefficient (Wildman–Crippen LogP) is 4.32. The zero-order chi connectivity index (χ0) is 16.8. The lowest BCUT2D eigenvalue weighted by atomic mass is 10.1. The number of nitrogens with zero attached hydrogens (tertiary/aromatic N) is 2. The van der Waals surface area contributed by atoms with Gasteiger partial charge in [-0.05, 0) is 37.1 Å². The molecule has 5 heteroatoms.